The van der Waals surface area contributed by atoms with Crippen molar-refractivity contribution < 1.29 is 4.39 Å². The first-order valence-electron chi connectivity index (χ1n) is 6.49. The number of terminal acetylenes is 1. The molecule has 2 aromatic heterocycles. The molecule has 0 saturated carbocycles. The van der Waals surface area contributed by atoms with E-state index in [1.165, 1.54) is 23.9 Å². The number of nitrogens with zero attached hydrogens (tertiary/aromatic N) is 4. The molecule has 0 amide bonds. The van der Waals surface area contributed by atoms with Gasteiger partial charge in [0.2, 0.25) is 5.16 Å². The van der Waals surface area contributed by atoms with Gasteiger partial charge >= 0.3 is 0 Å². The fourth-order valence-corrected chi connectivity index (χ4v) is 2.40. The molecule has 0 aliphatic rings. The maximum atomic E-state index is 13.0. The van der Waals surface area contributed by atoms with Crippen molar-refractivity contribution >= 4 is 29.0 Å². The highest BCUT2D eigenvalue weighted by Crippen LogP contribution is 2.20. The van der Waals surface area contributed by atoms with Crippen molar-refractivity contribution in [1.82, 2.24) is 19.6 Å². The molecule has 0 radical (unpaired) electrons. The van der Waals surface area contributed by atoms with Crippen LogP contribution in [0.15, 0.2) is 35.5 Å². The van der Waals surface area contributed by atoms with Gasteiger partial charge in [-0.3, -0.25) is 0 Å². The second-order valence-electron chi connectivity index (χ2n) is 4.51. The quantitative estimate of drug-likeness (QED) is 0.593. The van der Waals surface area contributed by atoms with E-state index in [1.807, 2.05) is 13.0 Å². The van der Waals surface area contributed by atoms with Gasteiger partial charge in [0.05, 0.1) is 5.75 Å². The Hall–Kier alpha value is -2.59. The number of hydrogen-bond donors (Lipinski definition) is 1. The summed E-state index contributed by atoms with van der Waals surface area (Å²) in [4.78, 5) is 8.68. The van der Waals surface area contributed by atoms with Gasteiger partial charge in [0, 0.05) is 17.4 Å². The molecule has 0 aliphatic carbocycles. The second-order valence-corrected chi connectivity index (χ2v) is 5.46. The van der Waals surface area contributed by atoms with Gasteiger partial charge in [-0.05, 0) is 31.2 Å². The smallest absolute Gasteiger partial charge is 0.255 e. The van der Waals surface area contributed by atoms with Gasteiger partial charge in [-0.15, -0.1) is 11.5 Å². The van der Waals surface area contributed by atoms with E-state index in [-0.39, 0.29) is 5.82 Å². The molecule has 2 heterocycles. The normalized spacial score (nSPS) is 10.6. The van der Waals surface area contributed by atoms with E-state index in [9.17, 15) is 4.39 Å². The molecule has 0 unspecified atom stereocenters. The summed E-state index contributed by atoms with van der Waals surface area (Å²) in [5.41, 5.74) is 1.56. The summed E-state index contributed by atoms with van der Waals surface area (Å²) in [6.45, 7) is 1.87. The number of thioether (sulfide) groups is 1. The summed E-state index contributed by atoms with van der Waals surface area (Å²) in [6, 6.07) is 7.94. The Balaban J connectivity index is 1.98. The lowest BCUT2D eigenvalue weighted by atomic mass is 10.3. The average molecular weight is 313 g/mol. The zero-order valence-electron chi connectivity index (χ0n) is 11.7. The van der Waals surface area contributed by atoms with Gasteiger partial charge in [0.25, 0.3) is 5.78 Å². The fourth-order valence-electron chi connectivity index (χ4n) is 1.91. The Kier molecular flexibility index (Phi) is 3.94. The average Bonchev–Trinajstić information content (AvgIpc) is 2.90. The molecule has 0 atom stereocenters. The molecule has 3 aromatic rings. The van der Waals surface area contributed by atoms with Gasteiger partial charge in [0.15, 0.2) is 0 Å². The van der Waals surface area contributed by atoms with Gasteiger partial charge in [-0.1, -0.05) is 17.7 Å². The van der Waals surface area contributed by atoms with Crippen LogP contribution in [0.25, 0.3) is 5.78 Å². The lowest BCUT2D eigenvalue weighted by Gasteiger charge is -2.08. The minimum Gasteiger partial charge on any atom is -0.340 e. The standard InChI is InChI=1S/C15H12FN5S/c1-3-8-22-15-19-14-17-10(2)9-13(21(14)20-15)18-12-6-4-11(16)5-7-12/h1,4-7,9,18H,8H2,2H3. The van der Waals surface area contributed by atoms with Gasteiger partial charge in [-0.2, -0.15) is 9.50 Å². The van der Waals surface area contributed by atoms with Gasteiger partial charge in [-0.25, -0.2) is 9.37 Å². The minimum atomic E-state index is -0.282. The predicted octanol–water partition coefficient (Wildman–Crippen LogP) is 3.04. The molecule has 0 fully saturated rings. The number of aryl methyl sites for hydroxylation is 1. The lowest BCUT2D eigenvalue weighted by Crippen LogP contribution is -2.02. The number of fused-ring (bicyclic) bond motifs is 1. The Bertz CT molecular complexity index is 851. The number of halogens is 1. The van der Waals surface area contributed by atoms with Crippen LogP contribution in [0, 0.1) is 25.1 Å². The third-order valence-corrected chi connectivity index (χ3v) is 3.56. The topological polar surface area (TPSA) is 55.1 Å². The molecule has 110 valence electrons. The van der Waals surface area contributed by atoms with Crippen LogP contribution in [-0.2, 0) is 0 Å². The molecule has 0 aliphatic heterocycles. The number of rotatable bonds is 4. The molecule has 0 bridgehead atoms. The summed E-state index contributed by atoms with van der Waals surface area (Å²) in [5.74, 6) is 3.94. The molecular formula is C15H12FN5S. The van der Waals surface area contributed by atoms with E-state index in [0.717, 1.165) is 11.4 Å². The Morgan fingerprint density at radius 1 is 1.32 bits per heavy atom. The van der Waals surface area contributed by atoms with Crippen molar-refractivity contribution in [2.45, 2.75) is 12.1 Å². The van der Waals surface area contributed by atoms with E-state index in [1.54, 1.807) is 16.6 Å². The Labute approximate surface area is 131 Å². The van der Waals surface area contributed by atoms with E-state index in [0.29, 0.717) is 22.5 Å². The first-order valence-corrected chi connectivity index (χ1v) is 7.47. The predicted molar refractivity (Wildman–Crippen MR) is 84.8 cm³/mol. The summed E-state index contributed by atoms with van der Waals surface area (Å²) in [7, 11) is 0. The van der Waals surface area contributed by atoms with Crippen molar-refractivity contribution in [2.24, 2.45) is 0 Å². The Morgan fingerprint density at radius 2 is 2.09 bits per heavy atom. The summed E-state index contributed by atoms with van der Waals surface area (Å²) in [5, 5.41) is 8.14. The number of anilines is 2. The third kappa shape index (κ3) is 3.02. The molecule has 1 aromatic carbocycles. The number of hydrogen-bond acceptors (Lipinski definition) is 5. The van der Waals surface area contributed by atoms with E-state index in [4.69, 9.17) is 6.42 Å². The largest absolute Gasteiger partial charge is 0.340 e. The first kappa shape index (κ1) is 14.4. The van der Waals surface area contributed by atoms with Crippen molar-refractivity contribution in [3.8, 4) is 12.3 Å². The van der Waals surface area contributed by atoms with E-state index < -0.39 is 0 Å². The molecular weight excluding hydrogens is 301 g/mol. The molecule has 0 spiro atoms. The van der Waals surface area contributed by atoms with Crippen LogP contribution in [0.2, 0.25) is 0 Å². The number of nitrogens with one attached hydrogen (secondary N) is 1. The van der Waals surface area contributed by atoms with Crippen LogP contribution in [0.4, 0.5) is 15.9 Å². The Morgan fingerprint density at radius 3 is 2.82 bits per heavy atom. The lowest BCUT2D eigenvalue weighted by molar-refractivity contribution is 0.628. The number of aromatic nitrogens is 4. The molecule has 22 heavy (non-hydrogen) atoms. The van der Waals surface area contributed by atoms with E-state index >= 15 is 0 Å². The molecule has 0 saturated heterocycles. The van der Waals surface area contributed by atoms with Crippen molar-refractivity contribution in [3.05, 3.63) is 41.8 Å². The zero-order chi connectivity index (χ0) is 15.5. The molecule has 7 heteroatoms. The third-order valence-electron chi connectivity index (χ3n) is 2.82. The summed E-state index contributed by atoms with van der Waals surface area (Å²) >= 11 is 1.37. The number of benzene rings is 1. The minimum absolute atomic E-state index is 0.282. The zero-order valence-corrected chi connectivity index (χ0v) is 12.6. The van der Waals surface area contributed by atoms with Crippen molar-refractivity contribution in [2.75, 3.05) is 11.1 Å². The highest BCUT2D eigenvalue weighted by molar-refractivity contribution is 7.99. The van der Waals surface area contributed by atoms with Gasteiger partial charge in [0.1, 0.15) is 11.6 Å². The maximum absolute atomic E-state index is 13.0. The van der Waals surface area contributed by atoms with Gasteiger partial charge < -0.3 is 5.32 Å². The monoisotopic (exact) mass is 313 g/mol. The molecule has 3 rings (SSSR count). The van der Waals surface area contributed by atoms with Crippen LogP contribution < -0.4 is 5.32 Å². The maximum Gasteiger partial charge on any atom is 0.255 e. The van der Waals surface area contributed by atoms with Crippen LogP contribution >= 0.6 is 11.8 Å². The van der Waals surface area contributed by atoms with Crippen LogP contribution in [0.5, 0.6) is 0 Å². The van der Waals surface area contributed by atoms with Crippen LogP contribution in [-0.4, -0.2) is 25.3 Å². The van der Waals surface area contributed by atoms with Crippen LogP contribution in [0.1, 0.15) is 5.69 Å². The summed E-state index contributed by atoms with van der Waals surface area (Å²) in [6.07, 6.45) is 5.25. The molecule has 5 nitrogen and oxygen atoms in total. The van der Waals surface area contributed by atoms with Crippen molar-refractivity contribution in [1.29, 1.82) is 0 Å². The SMILES string of the molecule is C#CCSc1nc2nc(C)cc(Nc3ccc(F)cc3)n2n1. The highest BCUT2D eigenvalue weighted by atomic mass is 32.2. The van der Waals surface area contributed by atoms with Crippen molar-refractivity contribution in [3.63, 3.8) is 0 Å². The van der Waals surface area contributed by atoms with E-state index in [2.05, 4.69) is 26.3 Å². The highest BCUT2D eigenvalue weighted by Gasteiger charge is 2.10. The molecule has 1 N–H and O–H groups in total. The summed E-state index contributed by atoms with van der Waals surface area (Å²) < 4.78 is 14.6. The first-order chi connectivity index (χ1) is 10.7. The fraction of sp³-hybridized carbons (Fsp3) is 0.133. The second kappa shape index (κ2) is 6.03. The van der Waals surface area contributed by atoms with Crippen LogP contribution in [0.3, 0.4) is 0 Å².